The summed E-state index contributed by atoms with van der Waals surface area (Å²) >= 11 is 5.28. The molecule has 2 aromatic carbocycles. The Morgan fingerprint density at radius 3 is 2.70 bits per heavy atom. The number of nitrogens with zero attached hydrogens (tertiary/aromatic N) is 1. The number of hydrogen-bond acceptors (Lipinski definition) is 1. The third-order valence-electron chi connectivity index (χ3n) is 3.27. The summed E-state index contributed by atoms with van der Waals surface area (Å²) in [4.78, 5) is 3.09. The van der Waals surface area contributed by atoms with Crippen molar-refractivity contribution in [2.75, 3.05) is 0 Å². The average Bonchev–Trinajstić information content (AvgIpc) is 2.69. The number of rotatable bonds is 2. The Labute approximate surface area is 119 Å². The van der Waals surface area contributed by atoms with Gasteiger partial charge in [-0.05, 0) is 42.9 Å². The molecule has 0 unspecified atom stereocenters. The van der Waals surface area contributed by atoms with Crippen LogP contribution in [-0.2, 0) is 6.54 Å². The summed E-state index contributed by atoms with van der Waals surface area (Å²) < 4.78 is 29.0. The standard InChI is InChI=1S/C15H12F2N2S/c1-9-2-5-13-14(6-9)19(15(20)18-13)8-10-3-4-11(16)7-12(10)17/h2-7H,8H2,1H3,(H,18,20). The van der Waals surface area contributed by atoms with Crippen LogP contribution in [0.2, 0.25) is 0 Å². The largest absolute Gasteiger partial charge is 0.331 e. The van der Waals surface area contributed by atoms with Gasteiger partial charge in [0.1, 0.15) is 11.6 Å². The lowest BCUT2D eigenvalue weighted by atomic mass is 10.2. The van der Waals surface area contributed by atoms with Crippen molar-refractivity contribution in [3.05, 3.63) is 63.9 Å². The average molecular weight is 290 g/mol. The molecule has 5 heteroatoms. The zero-order chi connectivity index (χ0) is 14.3. The van der Waals surface area contributed by atoms with Gasteiger partial charge in [0.15, 0.2) is 4.77 Å². The molecule has 1 heterocycles. The van der Waals surface area contributed by atoms with Gasteiger partial charge in [-0.1, -0.05) is 12.1 Å². The van der Waals surface area contributed by atoms with Crippen molar-refractivity contribution in [2.45, 2.75) is 13.5 Å². The zero-order valence-electron chi connectivity index (χ0n) is 10.8. The molecule has 20 heavy (non-hydrogen) atoms. The second kappa shape index (κ2) is 4.83. The SMILES string of the molecule is Cc1ccc2[nH]c(=S)n(Cc3ccc(F)cc3F)c2c1. The number of hydrogen-bond donors (Lipinski definition) is 1. The Hall–Kier alpha value is -2.01. The molecule has 0 atom stereocenters. The predicted octanol–water partition coefficient (Wildman–Crippen LogP) is 4.33. The molecule has 0 spiro atoms. The third kappa shape index (κ3) is 2.25. The van der Waals surface area contributed by atoms with Crippen LogP contribution in [0.4, 0.5) is 8.78 Å². The van der Waals surface area contributed by atoms with Crippen molar-refractivity contribution in [1.29, 1.82) is 0 Å². The summed E-state index contributed by atoms with van der Waals surface area (Å²) in [5, 5.41) is 0. The summed E-state index contributed by atoms with van der Waals surface area (Å²) in [6.45, 7) is 2.26. The number of aromatic nitrogens is 2. The Balaban J connectivity index is 2.12. The van der Waals surface area contributed by atoms with Crippen LogP contribution in [0.5, 0.6) is 0 Å². The Bertz CT molecular complexity index is 849. The van der Waals surface area contributed by atoms with E-state index >= 15 is 0 Å². The molecule has 0 aliphatic heterocycles. The van der Waals surface area contributed by atoms with E-state index in [4.69, 9.17) is 12.2 Å². The van der Waals surface area contributed by atoms with Crippen LogP contribution in [0.1, 0.15) is 11.1 Å². The van der Waals surface area contributed by atoms with Gasteiger partial charge in [-0.25, -0.2) is 8.78 Å². The van der Waals surface area contributed by atoms with Gasteiger partial charge >= 0.3 is 0 Å². The molecule has 0 amide bonds. The number of aryl methyl sites for hydroxylation is 1. The molecule has 1 N–H and O–H groups in total. The number of halogens is 2. The van der Waals surface area contributed by atoms with Crippen molar-refractivity contribution in [1.82, 2.24) is 9.55 Å². The van der Waals surface area contributed by atoms with Gasteiger partial charge in [0.25, 0.3) is 0 Å². The number of aromatic amines is 1. The van der Waals surface area contributed by atoms with Gasteiger partial charge in [0.05, 0.1) is 17.6 Å². The number of H-pyrrole nitrogens is 1. The lowest BCUT2D eigenvalue weighted by Crippen LogP contribution is -2.02. The van der Waals surface area contributed by atoms with Crippen LogP contribution < -0.4 is 0 Å². The second-order valence-corrected chi connectivity index (χ2v) is 5.16. The number of benzene rings is 2. The normalized spacial score (nSPS) is 11.2. The van der Waals surface area contributed by atoms with Crippen molar-refractivity contribution >= 4 is 23.3 Å². The van der Waals surface area contributed by atoms with Gasteiger partial charge in [-0.3, -0.25) is 0 Å². The minimum atomic E-state index is -0.579. The fourth-order valence-corrected chi connectivity index (χ4v) is 2.51. The molecule has 0 aliphatic carbocycles. The highest BCUT2D eigenvalue weighted by molar-refractivity contribution is 7.71. The molecule has 0 aliphatic rings. The fourth-order valence-electron chi connectivity index (χ4n) is 2.24. The van der Waals surface area contributed by atoms with Crippen LogP contribution in [0.15, 0.2) is 36.4 Å². The van der Waals surface area contributed by atoms with Gasteiger partial charge in [-0.2, -0.15) is 0 Å². The van der Waals surface area contributed by atoms with Crippen molar-refractivity contribution in [2.24, 2.45) is 0 Å². The molecule has 0 saturated heterocycles. The van der Waals surface area contributed by atoms with E-state index in [1.54, 1.807) is 0 Å². The van der Waals surface area contributed by atoms with E-state index in [0.717, 1.165) is 22.7 Å². The number of fused-ring (bicyclic) bond motifs is 1. The maximum atomic E-state index is 13.8. The van der Waals surface area contributed by atoms with Gasteiger partial charge in [0.2, 0.25) is 0 Å². The summed E-state index contributed by atoms with van der Waals surface area (Å²) in [6, 6.07) is 9.50. The maximum absolute atomic E-state index is 13.8. The first-order valence-corrected chi connectivity index (χ1v) is 6.58. The van der Waals surface area contributed by atoms with E-state index < -0.39 is 11.6 Å². The molecular formula is C15H12F2N2S. The van der Waals surface area contributed by atoms with Crippen LogP contribution in [0.25, 0.3) is 11.0 Å². The Kier molecular flexibility index (Phi) is 3.14. The molecule has 0 bridgehead atoms. The number of imidazole rings is 1. The summed E-state index contributed by atoms with van der Waals surface area (Å²) in [6.07, 6.45) is 0. The van der Waals surface area contributed by atoms with E-state index in [0.29, 0.717) is 10.3 Å². The van der Waals surface area contributed by atoms with E-state index in [9.17, 15) is 8.78 Å². The van der Waals surface area contributed by atoms with E-state index in [1.807, 2.05) is 29.7 Å². The van der Waals surface area contributed by atoms with Gasteiger partial charge in [0, 0.05) is 11.6 Å². The lowest BCUT2D eigenvalue weighted by Gasteiger charge is -2.06. The molecule has 2 nitrogen and oxygen atoms in total. The van der Waals surface area contributed by atoms with E-state index in [1.165, 1.54) is 12.1 Å². The maximum Gasteiger partial charge on any atom is 0.178 e. The first-order valence-electron chi connectivity index (χ1n) is 6.18. The van der Waals surface area contributed by atoms with Crippen molar-refractivity contribution < 1.29 is 8.78 Å². The summed E-state index contributed by atoms with van der Waals surface area (Å²) in [5.74, 6) is -1.14. The van der Waals surface area contributed by atoms with E-state index in [-0.39, 0.29) is 6.54 Å². The van der Waals surface area contributed by atoms with Crippen LogP contribution in [0, 0.1) is 23.3 Å². The molecule has 1 aromatic heterocycles. The monoisotopic (exact) mass is 290 g/mol. The molecule has 0 fully saturated rings. The van der Waals surface area contributed by atoms with Crippen LogP contribution >= 0.6 is 12.2 Å². The summed E-state index contributed by atoms with van der Waals surface area (Å²) in [5.41, 5.74) is 3.33. The first-order chi connectivity index (χ1) is 9.54. The van der Waals surface area contributed by atoms with E-state index in [2.05, 4.69) is 4.98 Å². The number of nitrogens with one attached hydrogen (secondary N) is 1. The smallest absolute Gasteiger partial charge is 0.178 e. The predicted molar refractivity (Wildman–Crippen MR) is 77.3 cm³/mol. The summed E-state index contributed by atoms with van der Waals surface area (Å²) in [7, 11) is 0. The molecule has 3 rings (SSSR count). The zero-order valence-corrected chi connectivity index (χ0v) is 11.6. The van der Waals surface area contributed by atoms with Gasteiger partial charge in [-0.15, -0.1) is 0 Å². The highest BCUT2D eigenvalue weighted by Gasteiger charge is 2.09. The second-order valence-electron chi connectivity index (χ2n) is 4.77. The topological polar surface area (TPSA) is 20.7 Å². The first kappa shape index (κ1) is 13.0. The quantitative estimate of drug-likeness (QED) is 0.697. The van der Waals surface area contributed by atoms with Crippen molar-refractivity contribution in [3.63, 3.8) is 0 Å². The minimum absolute atomic E-state index is 0.272. The molecule has 0 saturated carbocycles. The molecular weight excluding hydrogens is 278 g/mol. The van der Waals surface area contributed by atoms with Gasteiger partial charge < -0.3 is 9.55 Å². The molecule has 3 aromatic rings. The Morgan fingerprint density at radius 2 is 1.95 bits per heavy atom. The van der Waals surface area contributed by atoms with Crippen molar-refractivity contribution in [3.8, 4) is 0 Å². The van der Waals surface area contributed by atoms with Crippen LogP contribution in [-0.4, -0.2) is 9.55 Å². The third-order valence-corrected chi connectivity index (χ3v) is 3.60. The highest BCUT2D eigenvalue weighted by Crippen LogP contribution is 2.19. The fraction of sp³-hybridized carbons (Fsp3) is 0.133. The molecule has 102 valence electrons. The minimum Gasteiger partial charge on any atom is -0.331 e. The van der Waals surface area contributed by atoms with Crippen LogP contribution in [0.3, 0.4) is 0 Å². The molecule has 0 radical (unpaired) electrons. The highest BCUT2D eigenvalue weighted by atomic mass is 32.1. The lowest BCUT2D eigenvalue weighted by molar-refractivity contribution is 0.567. The Morgan fingerprint density at radius 1 is 1.15 bits per heavy atom.